The number of methoxy groups -OCH3 is 1. The van der Waals surface area contributed by atoms with Crippen molar-refractivity contribution in [1.29, 1.82) is 0 Å². The Morgan fingerprint density at radius 1 is 0.506 bits per heavy atom. The molecular weight excluding hydrogens is 1030 g/mol. The summed E-state index contributed by atoms with van der Waals surface area (Å²) in [6, 6.07) is 0. The minimum atomic E-state index is -1.09. The zero-order chi connectivity index (χ0) is 57.3. The molecule has 31 nitrogen and oxygen atoms in total. The third-order valence-electron chi connectivity index (χ3n) is 13.2. The predicted octanol–water partition coefficient (Wildman–Crippen LogP) is -4.70. The van der Waals surface area contributed by atoms with Gasteiger partial charge in [-0.1, -0.05) is 0 Å². The molecule has 0 bridgehead atoms. The van der Waals surface area contributed by atoms with Crippen LogP contribution >= 0.6 is 0 Å². The van der Waals surface area contributed by atoms with E-state index in [1.54, 1.807) is 20.8 Å². The molecule has 0 aliphatic carbocycles. The van der Waals surface area contributed by atoms with Gasteiger partial charge in [0.15, 0.2) is 0 Å². The Kier molecular flexibility index (Phi) is 20.4. The third kappa shape index (κ3) is 14.1. The summed E-state index contributed by atoms with van der Waals surface area (Å²) < 4.78 is 31.3. The van der Waals surface area contributed by atoms with Crippen LogP contribution in [0.1, 0.15) is 79.8 Å². The second-order valence-electron chi connectivity index (χ2n) is 18.4. The maximum Gasteiger partial charge on any atom is 0.330 e. The molecule has 0 radical (unpaired) electrons. The molecule has 8 heterocycles. The molecule has 4 saturated heterocycles. The topological polar surface area (TPSA) is 461 Å². The van der Waals surface area contributed by atoms with Crippen molar-refractivity contribution in [2.24, 2.45) is 29.4 Å². The number of Topliss-reactive ketones (excluding diaryl/α,β-unsaturated/α-hetero) is 1. The van der Waals surface area contributed by atoms with E-state index in [1.807, 2.05) is 0 Å². The molecule has 0 spiro atoms. The number of aliphatic carboxylic acids is 1. The largest absolute Gasteiger partial charge is 0.481 e. The molecule has 4 fully saturated rings. The van der Waals surface area contributed by atoms with Gasteiger partial charge in [0.2, 0.25) is 5.91 Å². The number of hydrogen-bond donors (Lipinski definition) is 10. The summed E-state index contributed by atoms with van der Waals surface area (Å²) in [7, 11) is 1.25. The lowest BCUT2D eigenvalue weighted by Gasteiger charge is -2.15. The first-order valence-corrected chi connectivity index (χ1v) is 23.7. The van der Waals surface area contributed by atoms with Crippen LogP contribution in [-0.4, -0.2) is 145 Å². The highest BCUT2D eigenvalue weighted by Gasteiger charge is 2.43. The smallest absolute Gasteiger partial charge is 0.330 e. The molecule has 4 aromatic heterocycles. The molecule has 12 atom stereocenters. The van der Waals surface area contributed by atoms with Crippen LogP contribution < -0.4 is 50.7 Å². The number of carboxylic acid groups (broad SMARTS) is 1. The van der Waals surface area contributed by atoms with Crippen LogP contribution in [0.15, 0.2) is 63.1 Å². The number of aromatic nitrogens is 8. The van der Waals surface area contributed by atoms with E-state index in [9.17, 15) is 67.7 Å². The van der Waals surface area contributed by atoms with Gasteiger partial charge in [-0.15, -0.1) is 0 Å². The van der Waals surface area contributed by atoms with Gasteiger partial charge in [0, 0.05) is 72.7 Å². The normalized spacial score (nSPS) is 26.3. The van der Waals surface area contributed by atoms with Gasteiger partial charge < -0.3 is 55.0 Å². The molecule has 0 saturated carbocycles. The lowest BCUT2D eigenvalue weighted by atomic mass is 9.97. The highest BCUT2D eigenvalue weighted by atomic mass is 16.6. The summed E-state index contributed by atoms with van der Waals surface area (Å²) in [4.78, 5) is 146. The van der Waals surface area contributed by atoms with Crippen molar-refractivity contribution in [3.8, 4) is 0 Å². The standard InChI is InChI=1S/C12H16N2O6.C12H16N2O5.C11H15N3O5.C11H14N2O6/c1-6-4-14(12(18)13-10(6)16)9-3-7(11(17)19-2)8(5-15)20-9;1-6-4-14(12(18)13-11(6)17)10-3-8(7(2)16)9(5-15)19-10;1-5-3-14(11(18)13-10(5)17)8-2-6(9(12)16)7(4-15)19-8;1-5-3-13(11(18)12-9(5)15)8-2-6(10(16)17)7(4-14)19-8/h4,7-9,15H,3,5H2,1-2H3,(H,13,16,18);4,8-10,15H,3,5H2,1-2H3,(H,13,17,18);3,6-8,15H,2,4H2,1H3,(H2,12,16)(H,13,17,18);3,6-8,14H,2,4H2,1H3,(H,16,17)(H,12,15,18)/t7-,8-,9-;8-,9+,10+;2*6-,7-,8-/m1011/s1. The molecule has 8 rings (SSSR count). The van der Waals surface area contributed by atoms with E-state index in [2.05, 4.69) is 24.7 Å². The van der Waals surface area contributed by atoms with Crippen LogP contribution in [0.2, 0.25) is 0 Å². The van der Waals surface area contributed by atoms with Gasteiger partial charge in [0.05, 0.1) is 81.6 Å². The van der Waals surface area contributed by atoms with Gasteiger partial charge in [0.1, 0.15) is 30.7 Å². The zero-order valence-electron chi connectivity index (χ0n) is 42.4. The fourth-order valence-corrected chi connectivity index (χ4v) is 8.87. The number of aliphatic hydroxyl groups is 4. The number of carbonyl (C=O) groups is 4. The predicted molar refractivity (Wildman–Crippen MR) is 260 cm³/mol. The highest BCUT2D eigenvalue weighted by Crippen LogP contribution is 2.36. The van der Waals surface area contributed by atoms with Crippen LogP contribution in [0.5, 0.6) is 0 Å². The van der Waals surface area contributed by atoms with Crippen molar-refractivity contribution in [1.82, 2.24) is 38.2 Å². The second kappa shape index (κ2) is 26.0. The Balaban J connectivity index is 0.000000189. The number of ether oxygens (including phenoxy) is 5. The molecular formula is C46H61N9O22. The van der Waals surface area contributed by atoms with Crippen LogP contribution in [-0.2, 0) is 42.9 Å². The zero-order valence-corrected chi connectivity index (χ0v) is 42.4. The first-order chi connectivity index (χ1) is 36.3. The molecule has 77 heavy (non-hydrogen) atoms. The second-order valence-corrected chi connectivity index (χ2v) is 18.4. The third-order valence-corrected chi connectivity index (χ3v) is 13.2. The van der Waals surface area contributed by atoms with E-state index in [0.29, 0.717) is 28.7 Å². The number of aliphatic hydroxyl groups excluding tert-OH is 4. The number of carbonyl (C=O) groups excluding carboxylic acids is 3. The fourth-order valence-electron chi connectivity index (χ4n) is 8.87. The number of esters is 1. The maximum atomic E-state index is 11.8. The Bertz CT molecular complexity index is 3040. The first kappa shape index (κ1) is 60.3. The highest BCUT2D eigenvalue weighted by molar-refractivity contribution is 5.79. The summed E-state index contributed by atoms with van der Waals surface area (Å²) >= 11 is 0. The Morgan fingerprint density at radius 3 is 1.00 bits per heavy atom. The van der Waals surface area contributed by atoms with E-state index in [1.165, 1.54) is 59.4 Å². The number of aromatic amines is 4. The summed E-state index contributed by atoms with van der Waals surface area (Å²) in [5.74, 6) is -4.88. The lowest BCUT2D eigenvalue weighted by Crippen LogP contribution is -2.33. The number of nitrogens with zero attached hydrogens (tertiary/aromatic N) is 4. The van der Waals surface area contributed by atoms with Gasteiger partial charge in [-0.05, 0) is 34.6 Å². The number of nitrogens with two attached hydrogens (primary N) is 1. The van der Waals surface area contributed by atoms with Crippen molar-refractivity contribution >= 4 is 23.6 Å². The van der Waals surface area contributed by atoms with Crippen LogP contribution in [0, 0.1) is 51.4 Å². The maximum absolute atomic E-state index is 11.8. The van der Waals surface area contributed by atoms with Crippen molar-refractivity contribution < 1.29 is 68.4 Å². The Labute approximate surface area is 432 Å². The first-order valence-electron chi connectivity index (χ1n) is 23.7. The minimum absolute atomic E-state index is 0.0615. The molecule has 0 aromatic carbocycles. The molecule has 0 unspecified atom stereocenters. The number of rotatable bonds is 12. The van der Waals surface area contributed by atoms with Gasteiger partial charge in [-0.25, -0.2) is 19.2 Å². The summed E-state index contributed by atoms with van der Waals surface area (Å²) in [6.45, 7) is 6.22. The number of primary amides is 1. The van der Waals surface area contributed by atoms with E-state index < -0.39 is 142 Å². The quantitative estimate of drug-likeness (QED) is 0.0596. The number of aryl methyl sites for hydroxylation is 4. The van der Waals surface area contributed by atoms with Gasteiger partial charge in [-0.3, -0.25) is 76.6 Å². The van der Waals surface area contributed by atoms with Crippen molar-refractivity contribution in [2.45, 2.75) is 110 Å². The van der Waals surface area contributed by atoms with Crippen LogP contribution in [0.25, 0.3) is 0 Å². The molecule has 4 aliphatic rings. The molecule has 4 aromatic rings. The SMILES string of the molecule is CC(=O)[C@@H]1C[C@H](n2cc(C)c(=O)[nH]c2=O)O[C@@H]1CO.COC(=O)[C@@H]1C[C@H](n2cc(C)c(=O)[nH]c2=O)O[C@@H]1CO.Cc1cn([C@H]2C[C@@H](C(=O)O)[C@@H](CO)O2)c(=O)[nH]c1=O.Cc1cn([C@H]2C[C@@H](C(N)=O)[C@@H](CO)O2)c(=O)[nH]c1=O. The van der Waals surface area contributed by atoms with Crippen molar-refractivity contribution in [2.75, 3.05) is 33.5 Å². The van der Waals surface area contributed by atoms with Crippen LogP contribution in [0.3, 0.4) is 0 Å². The molecule has 11 N–H and O–H groups in total. The summed E-state index contributed by atoms with van der Waals surface area (Å²) in [5, 5.41) is 45.7. The van der Waals surface area contributed by atoms with E-state index in [0.717, 1.165) is 4.57 Å². The number of carboxylic acids is 1. The Morgan fingerprint density at radius 2 is 0.766 bits per heavy atom. The number of H-pyrrole nitrogens is 4. The van der Waals surface area contributed by atoms with E-state index in [4.69, 9.17) is 40.0 Å². The number of hydrogen-bond acceptors (Lipinski definition) is 21. The lowest BCUT2D eigenvalue weighted by molar-refractivity contribution is -0.148. The fraction of sp³-hybridized carbons (Fsp3) is 0.565. The number of nitrogens with one attached hydrogen (secondary N) is 4. The average Bonchev–Trinajstić information content (AvgIpc) is 4.21. The minimum Gasteiger partial charge on any atom is -0.481 e. The molecule has 1 amide bonds. The number of ketones is 1. The molecule has 4 aliphatic heterocycles. The van der Waals surface area contributed by atoms with E-state index in [-0.39, 0.29) is 44.9 Å². The monoisotopic (exact) mass is 1090 g/mol. The van der Waals surface area contributed by atoms with Gasteiger partial charge in [-0.2, -0.15) is 0 Å². The van der Waals surface area contributed by atoms with Crippen LogP contribution in [0.4, 0.5) is 0 Å². The van der Waals surface area contributed by atoms with Gasteiger partial charge in [0.25, 0.3) is 22.2 Å². The van der Waals surface area contributed by atoms with Crippen molar-refractivity contribution in [3.05, 3.63) is 130 Å². The van der Waals surface area contributed by atoms with Crippen molar-refractivity contribution in [3.63, 3.8) is 0 Å². The summed E-state index contributed by atoms with van der Waals surface area (Å²) in [6.07, 6.45) is 0.396. The van der Waals surface area contributed by atoms with E-state index >= 15 is 0 Å². The molecule has 31 heteroatoms. The summed E-state index contributed by atoms with van der Waals surface area (Å²) in [5.41, 5.74) is 2.28. The number of amides is 1. The molecule has 422 valence electrons. The Hall–Kier alpha value is -7.52. The average molecular weight is 1090 g/mol. The van der Waals surface area contributed by atoms with Gasteiger partial charge >= 0.3 is 34.7 Å².